The Bertz CT molecular complexity index is 858. The van der Waals surface area contributed by atoms with Crippen molar-refractivity contribution >= 4 is 45.2 Å². The number of fused-ring (bicyclic) bond motifs is 1. The van der Waals surface area contributed by atoms with Crippen molar-refractivity contribution in [1.82, 2.24) is 10.3 Å². The van der Waals surface area contributed by atoms with Crippen molar-refractivity contribution in [3.8, 4) is 0 Å². The quantitative estimate of drug-likeness (QED) is 0.841. The van der Waals surface area contributed by atoms with E-state index in [0.717, 1.165) is 17.4 Å². The van der Waals surface area contributed by atoms with Gasteiger partial charge in [0.15, 0.2) is 0 Å². The number of amides is 1. The SMILES string of the molecule is Cc1c(C(=O)NC2(C(=O)O)CCSC2)sc2nc(C(F)(F)F)ccc12. The van der Waals surface area contributed by atoms with E-state index in [1.54, 1.807) is 6.92 Å². The van der Waals surface area contributed by atoms with E-state index in [1.807, 2.05) is 0 Å². The summed E-state index contributed by atoms with van der Waals surface area (Å²) in [5.74, 6) is -0.829. The Balaban J connectivity index is 1.96. The minimum Gasteiger partial charge on any atom is -0.479 e. The lowest BCUT2D eigenvalue weighted by Crippen LogP contribution is -2.54. The third-order valence-electron chi connectivity index (χ3n) is 4.08. The zero-order valence-corrected chi connectivity index (χ0v) is 14.6. The van der Waals surface area contributed by atoms with Gasteiger partial charge in [-0.15, -0.1) is 11.3 Å². The van der Waals surface area contributed by atoms with Gasteiger partial charge >= 0.3 is 12.1 Å². The number of hydrogen-bond donors (Lipinski definition) is 2. The number of thioether (sulfide) groups is 1. The van der Waals surface area contributed by atoms with Gasteiger partial charge in [-0.2, -0.15) is 24.9 Å². The third-order valence-corrected chi connectivity index (χ3v) is 6.47. The van der Waals surface area contributed by atoms with E-state index in [-0.39, 0.29) is 15.5 Å². The lowest BCUT2D eigenvalue weighted by atomic mass is 9.99. The van der Waals surface area contributed by atoms with Crippen molar-refractivity contribution in [2.45, 2.75) is 25.1 Å². The molecule has 0 spiro atoms. The maximum Gasteiger partial charge on any atom is 0.433 e. The van der Waals surface area contributed by atoms with Gasteiger partial charge in [0.25, 0.3) is 5.91 Å². The van der Waals surface area contributed by atoms with Crippen LogP contribution in [0.5, 0.6) is 0 Å². The Hall–Kier alpha value is -1.81. The molecule has 3 rings (SSSR count). The summed E-state index contributed by atoms with van der Waals surface area (Å²) < 4.78 is 38.4. The summed E-state index contributed by atoms with van der Waals surface area (Å²) in [5, 5.41) is 12.4. The maximum atomic E-state index is 12.8. The van der Waals surface area contributed by atoms with Crippen LogP contribution in [0.1, 0.15) is 27.3 Å². The van der Waals surface area contributed by atoms with E-state index in [0.29, 0.717) is 23.1 Å². The van der Waals surface area contributed by atoms with Gasteiger partial charge in [-0.05, 0) is 36.8 Å². The van der Waals surface area contributed by atoms with Crippen LogP contribution in [0, 0.1) is 6.92 Å². The number of pyridine rings is 1. The van der Waals surface area contributed by atoms with Crippen molar-refractivity contribution in [2.24, 2.45) is 0 Å². The first-order valence-electron chi connectivity index (χ1n) is 7.25. The van der Waals surface area contributed by atoms with Gasteiger partial charge in [-0.1, -0.05) is 0 Å². The fraction of sp³-hybridized carbons (Fsp3) is 0.400. The standard InChI is InChI=1S/C15H13F3N2O3S2/c1-7-8-2-3-9(15(16,17)18)19-12(8)25-10(7)11(21)20-14(13(22)23)4-5-24-6-14/h2-3H,4-6H2,1H3,(H,20,21)(H,22,23). The van der Waals surface area contributed by atoms with E-state index < -0.39 is 29.3 Å². The van der Waals surface area contributed by atoms with Crippen LogP contribution < -0.4 is 5.32 Å². The molecule has 0 radical (unpaired) electrons. The number of nitrogens with zero attached hydrogens (tertiary/aromatic N) is 1. The van der Waals surface area contributed by atoms with Crippen LogP contribution in [-0.2, 0) is 11.0 Å². The third kappa shape index (κ3) is 3.20. The average Bonchev–Trinajstić information content (AvgIpc) is 3.12. The molecule has 1 fully saturated rings. The van der Waals surface area contributed by atoms with Crippen molar-refractivity contribution in [1.29, 1.82) is 0 Å². The zero-order chi connectivity index (χ0) is 18.4. The Labute approximate surface area is 148 Å². The molecular formula is C15H13F3N2O3S2. The molecule has 0 aromatic carbocycles. The van der Waals surface area contributed by atoms with Crippen LogP contribution in [0.15, 0.2) is 12.1 Å². The number of halogens is 3. The molecule has 1 amide bonds. The van der Waals surface area contributed by atoms with E-state index in [2.05, 4.69) is 10.3 Å². The Morgan fingerprint density at radius 1 is 1.36 bits per heavy atom. The number of hydrogen-bond acceptors (Lipinski definition) is 5. The highest BCUT2D eigenvalue weighted by Gasteiger charge is 2.44. The molecule has 25 heavy (non-hydrogen) atoms. The summed E-state index contributed by atoms with van der Waals surface area (Å²) in [6.45, 7) is 1.61. The molecule has 134 valence electrons. The molecule has 2 aromatic heterocycles. The number of carboxylic acid groups (broad SMARTS) is 1. The molecular weight excluding hydrogens is 377 g/mol. The van der Waals surface area contributed by atoms with Gasteiger partial charge in [0, 0.05) is 11.1 Å². The van der Waals surface area contributed by atoms with Crippen LogP contribution in [0.25, 0.3) is 10.2 Å². The molecule has 0 bridgehead atoms. The summed E-state index contributed by atoms with van der Waals surface area (Å²) in [6, 6.07) is 2.16. The van der Waals surface area contributed by atoms with Crippen LogP contribution in [-0.4, -0.2) is 39.0 Å². The molecule has 0 saturated carbocycles. The van der Waals surface area contributed by atoms with Crippen molar-refractivity contribution in [2.75, 3.05) is 11.5 Å². The molecule has 1 atom stereocenters. The molecule has 10 heteroatoms. The zero-order valence-electron chi connectivity index (χ0n) is 12.9. The normalized spacial score (nSPS) is 20.8. The van der Waals surface area contributed by atoms with E-state index >= 15 is 0 Å². The first kappa shape index (κ1) is 18.0. The second kappa shape index (κ2) is 6.17. The largest absolute Gasteiger partial charge is 0.479 e. The van der Waals surface area contributed by atoms with Crippen molar-refractivity contribution in [3.05, 3.63) is 28.3 Å². The van der Waals surface area contributed by atoms with E-state index in [4.69, 9.17) is 0 Å². The van der Waals surface area contributed by atoms with Gasteiger partial charge in [0.2, 0.25) is 0 Å². The molecule has 1 unspecified atom stereocenters. The molecule has 1 saturated heterocycles. The van der Waals surface area contributed by atoms with Crippen LogP contribution in [0.2, 0.25) is 0 Å². The Morgan fingerprint density at radius 2 is 2.08 bits per heavy atom. The monoisotopic (exact) mass is 390 g/mol. The van der Waals surface area contributed by atoms with Crippen molar-refractivity contribution in [3.63, 3.8) is 0 Å². The molecule has 1 aliphatic heterocycles. The number of aliphatic carboxylic acids is 1. The minimum absolute atomic E-state index is 0.0997. The number of alkyl halides is 3. The van der Waals surface area contributed by atoms with Crippen molar-refractivity contribution < 1.29 is 27.9 Å². The topological polar surface area (TPSA) is 79.3 Å². The lowest BCUT2D eigenvalue weighted by Gasteiger charge is -2.24. The number of carbonyl (C=O) groups excluding carboxylic acids is 1. The van der Waals surface area contributed by atoms with Gasteiger partial charge in [0.1, 0.15) is 16.1 Å². The number of rotatable bonds is 3. The highest BCUT2D eigenvalue weighted by atomic mass is 32.2. The molecule has 2 aromatic rings. The van der Waals surface area contributed by atoms with E-state index in [1.165, 1.54) is 17.8 Å². The predicted molar refractivity (Wildman–Crippen MR) is 89.1 cm³/mol. The first-order chi connectivity index (χ1) is 11.6. The van der Waals surface area contributed by atoms with E-state index in [9.17, 15) is 27.9 Å². The van der Waals surface area contributed by atoms with Crippen LogP contribution in [0.4, 0.5) is 13.2 Å². The molecule has 5 nitrogen and oxygen atoms in total. The van der Waals surface area contributed by atoms with Crippen LogP contribution >= 0.6 is 23.1 Å². The number of aromatic nitrogens is 1. The van der Waals surface area contributed by atoms with Gasteiger partial charge < -0.3 is 10.4 Å². The summed E-state index contributed by atoms with van der Waals surface area (Å²) in [6.07, 6.45) is -4.26. The molecule has 1 aliphatic rings. The minimum atomic E-state index is -4.57. The highest BCUT2D eigenvalue weighted by Crippen LogP contribution is 2.35. The smallest absolute Gasteiger partial charge is 0.433 e. The fourth-order valence-corrected chi connectivity index (χ4v) is 5.03. The van der Waals surface area contributed by atoms with Gasteiger partial charge in [0.05, 0.1) is 4.88 Å². The number of carbonyl (C=O) groups is 2. The number of thiophene rings is 1. The fourth-order valence-electron chi connectivity index (χ4n) is 2.63. The van der Waals surface area contributed by atoms with Gasteiger partial charge in [-0.25, -0.2) is 9.78 Å². The molecule has 3 heterocycles. The summed E-state index contributed by atoms with van der Waals surface area (Å²) in [7, 11) is 0. The lowest BCUT2D eigenvalue weighted by molar-refractivity contribution is -0.143. The maximum absolute atomic E-state index is 12.8. The second-order valence-electron chi connectivity index (χ2n) is 5.75. The Kier molecular flexibility index (Phi) is 4.44. The van der Waals surface area contributed by atoms with Crippen LogP contribution in [0.3, 0.4) is 0 Å². The molecule has 2 N–H and O–H groups in total. The highest BCUT2D eigenvalue weighted by molar-refractivity contribution is 7.99. The van der Waals surface area contributed by atoms with Gasteiger partial charge in [-0.3, -0.25) is 4.79 Å². The molecule has 0 aliphatic carbocycles. The summed E-state index contributed by atoms with van der Waals surface area (Å²) >= 11 is 2.26. The number of nitrogens with one attached hydrogen (secondary N) is 1. The summed E-state index contributed by atoms with van der Waals surface area (Å²) in [4.78, 5) is 28.0. The first-order valence-corrected chi connectivity index (χ1v) is 9.22. The Morgan fingerprint density at radius 3 is 2.64 bits per heavy atom. The average molecular weight is 390 g/mol. The predicted octanol–water partition coefficient (Wildman–Crippen LogP) is 3.31. The summed E-state index contributed by atoms with van der Waals surface area (Å²) in [5.41, 5.74) is -1.87. The number of aryl methyl sites for hydroxylation is 1. The number of carboxylic acids is 1. The second-order valence-corrected chi connectivity index (χ2v) is 7.85.